The number of carbonyl (C=O) groups is 1. The van der Waals surface area contributed by atoms with E-state index in [2.05, 4.69) is 0 Å². The first-order chi connectivity index (χ1) is 7.50. The van der Waals surface area contributed by atoms with E-state index < -0.39 is 0 Å². The van der Waals surface area contributed by atoms with Crippen LogP contribution < -0.4 is 5.73 Å². The molecule has 0 aromatic rings. The lowest BCUT2D eigenvalue weighted by molar-refractivity contribution is -0.149. The van der Waals surface area contributed by atoms with Crippen LogP contribution in [0, 0.1) is 5.92 Å². The summed E-state index contributed by atoms with van der Waals surface area (Å²) in [5, 5.41) is 0. The highest BCUT2D eigenvalue weighted by Crippen LogP contribution is 2.25. The summed E-state index contributed by atoms with van der Waals surface area (Å²) in [4.78, 5) is 14.3. The SMILES string of the molecule is CC1(C)COCCN1C(=O)C1C=CC(N)C1. The summed E-state index contributed by atoms with van der Waals surface area (Å²) in [6.07, 6.45) is 4.61. The van der Waals surface area contributed by atoms with Gasteiger partial charge in [-0.05, 0) is 20.3 Å². The predicted octanol–water partition coefficient (Wildman–Crippen LogP) is 0.527. The molecule has 2 rings (SSSR count). The van der Waals surface area contributed by atoms with E-state index in [1.807, 2.05) is 30.9 Å². The molecule has 0 radical (unpaired) electrons. The second kappa shape index (κ2) is 4.18. The topological polar surface area (TPSA) is 55.6 Å². The zero-order valence-electron chi connectivity index (χ0n) is 9.98. The number of hydrogen-bond donors (Lipinski definition) is 1. The monoisotopic (exact) mass is 224 g/mol. The standard InChI is InChI=1S/C12H20N2O2/c1-12(2)8-16-6-5-14(12)11(15)9-3-4-10(13)7-9/h3-4,9-10H,5-8,13H2,1-2H3. The van der Waals surface area contributed by atoms with Crippen LogP contribution in [0.3, 0.4) is 0 Å². The highest BCUT2D eigenvalue weighted by Gasteiger charge is 2.37. The van der Waals surface area contributed by atoms with Gasteiger partial charge in [-0.3, -0.25) is 4.79 Å². The van der Waals surface area contributed by atoms with Gasteiger partial charge < -0.3 is 15.4 Å². The van der Waals surface area contributed by atoms with Crippen LogP contribution in [0.2, 0.25) is 0 Å². The molecule has 1 amide bonds. The Balaban J connectivity index is 2.06. The number of carbonyl (C=O) groups excluding carboxylic acids is 1. The van der Waals surface area contributed by atoms with Crippen molar-refractivity contribution in [3.63, 3.8) is 0 Å². The van der Waals surface area contributed by atoms with Gasteiger partial charge in [0.1, 0.15) is 0 Å². The van der Waals surface area contributed by atoms with Crippen molar-refractivity contribution in [2.24, 2.45) is 11.7 Å². The van der Waals surface area contributed by atoms with Gasteiger partial charge in [0.15, 0.2) is 0 Å². The lowest BCUT2D eigenvalue weighted by Gasteiger charge is -2.43. The first-order valence-electron chi connectivity index (χ1n) is 5.84. The summed E-state index contributed by atoms with van der Waals surface area (Å²) in [6, 6.07) is 0.0399. The molecule has 1 fully saturated rings. The van der Waals surface area contributed by atoms with E-state index >= 15 is 0 Å². The largest absolute Gasteiger partial charge is 0.377 e. The van der Waals surface area contributed by atoms with E-state index in [-0.39, 0.29) is 23.4 Å². The van der Waals surface area contributed by atoms with Gasteiger partial charge in [0.2, 0.25) is 5.91 Å². The molecule has 2 unspecified atom stereocenters. The molecular weight excluding hydrogens is 204 g/mol. The Morgan fingerprint density at radius 3 is 2.81 bits per heavy atom. The van der Waals surface area contributed by atoms with Crippen LogP contribution in [0.15, 0.2) is 12.2 Å². The Labute approximate surface area is 96.4 Å². The number of nitrogens with zero attached hydrogens (tertiary/aromatic N) is 1. The van der Waals surface area contributed by atoms with Gasteiger partial charge >= 0.3 is 0 Å². The fourth-order valence-electron chi connectivity index (χ4n) is 2.38. The number of hydrogen-bond acceptors (Lipinski definition) is 3. The smallest absolute Gasteiger partial charge is 0.230 e. The van der Waals surface area contributed by atoms with Crippen molar-refractivity contribution in [3.05, 3.63) is 12.2 Å². The van der Waals surface area contributed by atoms with Crippen molar-refractivity contribution < 1.29 is 9.53 Å². The van der Waals surface area contributed by atoms with Crippen LogP contribution in [-0.4, -0.2) is 42.1 Å². The third kappa shape index (κ3) is 2.13. The van der Waals surface area contributed by atoms with Crippen molar-refractivity contribution in [2.45, 2.75) is 31.8 Å². The fourth-order valence-corrected chi connectivity index (χ4v) is 2.38. The third-order valence-corrected chi connectivity index (χ3v) is 3.35. The van der Waals surface area contributed by atoms with Gasteiger partial charge in [-0.25, -0.2) is 0 Å². The van der Waals surface area contributed by atoms with E-state index in [1.54, 1.807) is 0 Å². The van der Waals surface area contributed by atoms with Crippen molar-refractivity contribution in [1.29, 1.82) is 0 Å². The molecule has 16 heavy (non-hydrogen) atoms. The van der Waals surface area contributed by atoms with Crippen molar-refractivity contribution in [1.82, 2.24) is 4.90 Å². The van der Waals surface area contributed by atoms with E-state index in [4.69, 9.17) is 10.5 Å². The minimum atomic E-state index is -0.199. The first kappa shape index (κ1) is 11.6. The average Bonchev–Trinajstić information content (AvgIpc) is 2.63. The number of rotatable bonds is 1. The second-order valence-corrected chi connectivity index (χ2v) is 5.25. The zero-order chi connectivity index (χ0) is 11.8. The molecule has 1 heterocycles. The van der Waals surface area contributed by atoms with Gasteiger partial charge in [0.05, 0.1) is 24.7 Å². The Kier molecular flexibility index (Phi) is 3.04. The minimum Gasteiger partial charge on any atom is -0.377 e. The maximum Gasteiger partial charge on any atom is 0.230 e. The summed E-state index contributed by atoms with van der Waals surface area (Å²) in [7, 11) is 0. The Bertz CT molecular complexity index is 312. The molecule has 2 N–H and O–H groups in total. The van der Waals surface area contributed by atoms with Crippen LogP contribution in [0.1, 0.15) is 20.3 Å². The van der Waals surface area contributed by atoms with E-state index in [1.165, 1.54) is 0 Å². The van der Waals surface area contributed by atoms with E-state index in [9.17, 15) is 4.79 Å². The molecule has 2 atom stereocenters. The Morgan fingerprint density at radius 1 is 1.50 bits per heavy atom. The maximum absolute atomic E-state index is 12.3. The van der Waals surface area contributed by atoms with Gasteiger partial charge in [0.25, 0.3) is 0 Å². The first-order valence-corrected chi connectivity index (χ1v) is 5.84. The van der Waals surface area contributed by atoms with Crippen LogP contribution in [-0.2, 0) is 9.53 Å². The molecular formula is C12H20N2O2. The summed E-state index contributed by atoms with van der Waals surface area (Å²) < 4.78 is 5.41. The quantitative estimate of drug-likeness (QED) is 0.661. The fraction of sp³-hybridized carbons (Fsp3) is 0.750. The van der Waals surface area contributed by atoms with E-state index in [0.717, 1.165) is 6.42 Å². The molecule has 1 saturated heterocycles. The van der Waals surface area contributed by atoms with Crippen molar-refractivity contribution >= 4 is 5.91 Å². The normalized spacial score (nSPS) is 33.1. The molecule has 0 spiro atoms. The number of nitrogens with two attached hydrogens (primary N) is 1. The molecule has 0 aromatic carbocycles. The molecule has 90 valence electrons. The van der Waals surface area contributed by atoms with Gasteiger partial charge in [0, 0.05) is 12.6 Å². The number of morpholine rings is 1. The summed E-state index contributed by atoms with van der Waals surface area (Å²) in [6.45, 7) is 6.02. The van der Waals surface area contributed by atoms with Crippen LogP contribution in [0.25, 0.3) is 0 Å². The Hall–Kier alpha value is -0.870. The van der Waals surface area contributed by atoms with Crippen LogP contribution in [0.5, 0.6) is 0 Å². The third-order valence-electron chi connectivity index (χ3n) is 3.35. The molecule has 0 saturated carbocycles. The molecule has 2 aliphatic rings. The maximum atomic E-state index is 12.3. The lowest BCUT2D eigenvalue weighted by atomic mass is 9.98. The second-order valence-electron chi connectivity index (χ2n) is 5.25. The zero-order valence-corrected chi connectivity index (χ0v) is 9.98. The summed E-state index contributed by atoms with van der Waals surface area (Å²) >= 11 is 0. The van der Waals surface area contributed by atoms with Crippen LogP contribution in [0.4, 0.5) is 0 Å². The number of amides is 1. The molecule has 4 nitrogen and oxygen atoms in total. The highest BCUT2D eigenvalue weighted by atomic mass is 16.5. The van der Waals surface area contributed by atoms with Gasteiger partial charge in [-0.2, -0.15) is 0 Å². The lowest BCUT2D eigenvalue weighted by Crippen LogP contribution is -2.56. The minimum absolute atomic E-state index is 0.0348. The number of ether oxygens (including phenoxy) is 1. The molecule has 0 bridgehead atoms. The molecule has 1 aliphatic heterocycles. The summed E-state index contributed by atoms with van der Waals surface area (Å²) in [5.74, 6) is 0.157. The summed E-state index contributed by atoms with van der Waals surface area (Å²) in [5.41, 5.74) is 5.58. The molecule has 0 aromatic heterocycles. The predicted molar refractivity (Wildman–Crippen MR) is 61.8 cm³/mol. The van der Waals surface area contributed by atoms with Gasteiger partial charge in [-0.15, -0.1) is 0 Å². The van der Waals surface area contributed by atoms with Crippen molar-refractivity contribution in [3.8, 4) is 0 Å². The Morgan fingerprint density at radius 2 is 2.25 bits per heavy atom. The van der Waals surface area contributed by atoms with Crippen molar-refractivity contribution in [2.75, 3.05) is 19.8 Å². The van der Waals surface area contributed by atoms with Gasteiger partial charge in [-0.1, -0.05) is 12.2 Å². The molecule has 4 heteroatoms. The highest BCUT2D eigenvalue weighted by molar-refractivity contribution is 5.82. The van der Waals surface area contributed by atoms with Crippen LogP contribution >= 0.6 is 0 Å². The average molecular weight is 224 g/mol. The molecule has 1 aliphatic carbocycles. The van der Waals surface area contributed by atoms with E-state index in [0.29, 0.717) is 19.8 Å².